The molecule has 0 bridgehead atoms. The molecule has 0 radical (unpaired) electrons. The van der Waals surface area contributed by atoms with E-state index in [-0.39, 0.29) is 18.4 Å². The molecule has 0 aromatic heterocycles. The van der Waals surface area contributed by atoms with Gasteiger partial charge in [-0.25, -0.2) is 0 Å². The van der Waals surface area contributed by atoms with Crippen molar-refractivity contribution in [2.75, 3.05) is 38.5 Å². The third kappa shape index (κ3) is 6.13. The predicted molar refractivity (Wildman–Crippen MR) is 97.2 cm³/mol. The Bertz CT molecular complexity index is 557. The van der Waals surface area contributed by atoms with Crippen LogP contribution in [0.2, 0.25) is 5.02 Å². The van der Waals surface area contributed by atoms with Gasteiger partial charge in [-0.3, -0.25) is 14.5 Å². The summed E-state index contributed by atoms with van der Waals surface area (Å²) in [6.45, 7) is 2.34. The molecule has 0 saturated carbocycles. The van der Waals surface area contributed by atoms with E-state index >= 15 is 0 Å². The minimum absolute atomic E-state index is 0.0233. The number of likely N-dealkylation sites (N-methyl/N-ethyl adjacent to an activating group) is 1. The van der Waals surface area contributed by atoms with Crippen molar-refractivity contribution in [3.05, 3.63) is 29.3 Å². The minimum atomic E-state index is -0.244. The highest BCUT2D eigenvalue weighted by molar-refractivity contribution is 6.33. The molecule has 1 aromatic rings. The maximum atomic E-state index is 12.3. The van der Waals surface area contributed by atoms with Crippen molar-refractivity contribution in [1.29, 1.82) is 0 Å². The lowest BCUT2D eigenvalue weighted by molar-refractivity contribution is -0.134. The number of para-hydroxylation sites is 1. The van der Waals surface area contributed by atoms with Gasteiger partial charge in [0, 0.05) is 7.05 Å². The molecular formula is C18H26ClN3O2. The standard InChI is InChI=1S/C18H26ClN3O2/c1-21(13-17(23)20-16-10-6-5-9-15(16)19)18(24)14-22-11-7-3-2-4-8-12-22/h5-6,9-10H,2-4,7-8,11-14H2,1H3,(H,20,23). The van der Waals surface area contributed by atoms with Crippen molar-refractivity contribution in [3.8, 4) is 0 Å². The summed E-state index contributed by atoms with van der Waals surface area (Å²) in [7, 11) is 1.67. The number of amides is 2. The van der Waals surface area contributed by atoms with E-state index < -0.39 is 0 Å². The molecule has 1 N–H and O–H groups in total. The van der Waals surface area contributed by atoms with Crippen LogP contribution in [0.3, 0.4) is 0 Å². The number of benzene rings is 1. The van der Waals surface area contributed by atoms with Gasteiger partial charge in [0.15, 0.2) is 0 Å². The second-order valence-corrected chi connectivity index (χ2v) is 6.73. The first-order valence-corrected chi connectivity index (χ1v) is 8.95. The Morgan fingerprint density at radius 3 is 2.42 bits per heavy atom. The van der Waals surface area contributed by atoms with E-state index in [4.69, 9.17) is 11.6 Å². The summed E-state index contributed by atoms with van der Waals surface area (Å²) in [5, 5.41) is 3.23. The average Bonchev–Trinajstić information content (AvgIpc) is 2.52. The monoisotopic (exact) mass is 351 g/mol. The van der Waals surface area contributed by atoms with E-state index in [9.17, 15) is 9.59 Å². The lowest BCUT2D eigenvalue weighted by Gasteiger charge is -2.26. The molecule has 24 heavy (non-hydrogen) atoms. The SMILES string of the molecule is CN(CC(=O)Nc1ccccc1Cl)C(=O)CN1CCCCCCC1. The second kappa shape index (κ2) is 9.64. The fraction of sp³-hybridized carbons (Fsp3) is 0.556. The van der Waals surface area contributed by atoms with Gasteiger partial charge in [-0.2, -0.15) is 0 Å². The number of nitrogens with zero attached hydrogens (tertiary/aromatic N) is 2. The Morgan fingerprint density at radius 2 is 1.75 bits per heavy atom. The normalized spacial score (nSPS) is 16.1. The molecule has 132 valence electrons. The molecule has 0 atom stereocenters. The van der Waals surface area contributed by atoms with Gasteiger partial charge in [0.05, 0.1) is 23.8 Å². The van der Waals surface area contributed by atoms with Crippen molar-refractivity contribution in [3.63, 3.8) is 0 Å². The number of carbonyl (C=O) groups excluding carboxylic acids is 2. The molecule has 1 aliphatic rings. The first-order chi connectivity index (χ1) is 11.6. The maximum absolute atomic E-state index is 12.3. The van der Waals surface area contributed by atoms with E-state index in [1.54, 1.807) is 31.3 Å². The molecule has 0 aliphatic carbocycles. The highest BCUT2D eigenvalue weighted by Gasteiger charge is 2.17. The molecule has 0 spiro atoms. The second-order valence-electron chi connectivity index (χ2n) is 6.32. The number of likely N-dealkylation sites (tertiary alicyclic amines) is 1. The first-order valence-electron chi connectivity index (χ1n) is 8.57. The summed E-state index contributed by atoms with van der Waals surface area (Å²) in [5.41, 5.74) is 0.564. The van der Waals surface area contributed by atoms with Gasteiger partial charge < -0.3 is 10.2 Å². The van der Waals surface area contributed by atoms with Crippen LogP contribution in [0.4, 0.5) is 5.69 Å². The van der Waals surface area contributed by atoms with Crippen LogP contribution in [0.1, 0.15) is 32.1 Å². The van der Waals surface area contributed by atoms with Crippen LogP contribution in [0.15, 0.2) is 24.3 Å². The summed E-state index contributed by atoms with van der Waals surface area (Å²) in [4.78, 5) is 28.1. The summed E-state index contributed by atoms with van der Waals surface area (Å²) in [5.74, 6) is -0.267. The largest absolute Gasteiger partial charge is 0.335 e. The lowest BCUT2D eigenvalue weighted by atomic mass is 10.1. The third-order valence-electron chi connectivity index (χ3n) is 4.26. The van der Waals surface area contributed by atoms with Crippen LogP contribution in [0, 0.1) is 0 Å². The minimum Gasteiger partial charge on any atom is -0.335 e. The van der Waals surface area contributed by atoms with Crippen molar-refractivity contribution < 1.29 is 9.59 Å². The van der Waals surface area contributed by atoms with Crippen molar-refractivity contribution in [1.82, 2.24) is 9.80 Å². The van der Waals surface area contributed by atoms with Crippen LogP contribution in [0.5, 0.6) is 0 Å². The van der Waals surface area contributed by atoms with Gasteiger partial charge in [0.1, 0.15) is 0 Å². The van der Waals surface area contributed by atoms with Crippen molar-refractivity contribution in [2.45, 2.75) is 32.1 Å². The fourth-order valence-electron chi connectivity index (χ4n) is 2.84. The molecule has 1 aromatic carbocycles. The average molecular weight is 352 g/mol. The zero-order valence-electron chi connectivity index (χ0n) is 14.3. The number of carbonyl (C=O) groups is 2. The number of anilines is 1. The number of rotatable bonds is 5. The first kappa shape index (κ1) is 18.7. The van der Waals surface area contributed by atoms with E-state index in [0.29, 0.717) is 17.3 Å². The van der Waals surface area contributed by atoms with Crippen LogP contribution < -0.4 is 5.32 Å². The van der Waals surface area contributed by atoms with Crippen molar-refractivity contribution >= 4 is 29.1 Å². The molecule has 1 fully saturated rings. The summed E-state index contributed by atoms with van der Waals surface area (Å²) >= 11 is 6.02. The number of hydrogen-bond acceptors (Lipinski definition) is 3. The molecule has 2 rings (SSSR count). The molecule has 2 amide bonds. The Labute approximate surface area is 149 Å². The van der Waals surface area contributed by atoms with E-state index in [1.807, 2.05) is 0 Å². The third-order valence-corrected chi connectivity index (χ3v) is 4.59. The highest BCUT2D eigenvalue weighted by Crippen LogP contribution is 2.20. The van der Waals surface area contributed by atoms with Gasteiger partial charge in [0.2, 0.25) is 11.8 Å². The molecule has 5 nitrogen and oxygen atoms in total. The van der Waals surface area contributed by atoms with Crippen LogP contribution in [-0.2, 0) is 9.59 Å². The summed E-state index contributed by atoms with van der Waals surface area (Å²) in [6.07, 6.45) is 6.05. The van der Waals surface area contributed by atoms with Crippen LogP contribution in [0.25, 0.3) is 0 Å². The van der Waals surface area contributed by atoms with E-state index in [1.165, 1.54) is 24.2 Å². The smallest absolute Gasteiger partial charge is 0.244 e. The van der Waals surface area contributed by atoms with E-state index in [2.05, 4.69) is 10.2 Å². The molecule has 1 heterocycles. The Hall–Kier alpha value is -1.59. The number of halogens is 1. The van der Waals surface area contributed by atoms with Gasteiger partial charge >= 0.3 is 0 Å². The van der Waals surface area contributed by atoms with Gasteiger partial charge in [0.25, 0.3) is 0 Å². The zero-order valence-corrected chi connectivity index (χ0v) is 15.0. The lowest BCUT2D eigenvalue weighted by Crippen LogP contribution is -2.42. The molecule has 6 heteroatoms. The maximum Gasteiger partial charge on any atom is 0.244 e. The van der Waals surface area contributed by atoms with E-state index in [0.717, 1.165) is 25.9 Å². The topological polar surface area (TPSA) is 52.7 Å². The quantitative estimate of drug-likeness (QED) is 0.887. The van der Waals surface area contributed by atoms with Gasteiger partial charge in [-0.1, -0.05) is 43.0 Å². The molecule has 1 saturated heterocycles. The summed E-state index contributed by atoms with van der Waals surface area (Å²) < 4.78 is 0. The van der Waals surface area contributed by atoms with Crippen LogP contribution in [-0.4, -0.2) is 54.8 Å². The van der Waals surface area contributed by atoms with Gasteiger partial charge in [-0.15, -0.1) is 0 Å². The highest BCUT2D eigenvalue weighted by atomic mass is 35.5. The van der Waals surface area contributed by atoms with Crippen LogP contribution >= 0.6 is 11.6 Å². The Kier molecular flexibility index (Phi) is 7.53. The molecular weight excluding hydrogens is 326 g/mol. The predicted octanol–water partition coefficient (Wildman–Crippen LogP) is 3.00. The fourth-order valence-corrected chi connectivity index (χ4v) is 3.02. The van der Waals surface area contributed by atoms with Crippen molar-refractivity contribution in [2.24, 2.45) is 0 Å². The zero-order chi connectivity index (χ0) is 17.4. The Morgan fingerprint density at radius 1 is 1.12 bits per heavy atom. The Balaban J connectivity index is 1.79. The number of nitrogens with one attached hydrogen (secondary N) is 1. The summed E-state index contributed by atoms with van der Waals surface area (Å²) in [6, 6.07) is 7.06. The molecule has 0 unspecified atom stereocenters. The molecule has 1 aliphatic heterocycles. The number of hydrogen-bond donors (Lipinski definition) is 1. The van der Waals surface area contributed by atoms with Gasteiger partial charge in [-0.05, 0) is 38.1 Å².